The third-order valence-electron chi connectivity index (χ3n) is 9.33. The van der Waals surface area contributed by atoms with Crippen molar-refractivity contribution in [2.45, 2.75) is 50.9 Å². The summed E-state index contributed by atoms with van der Waals surface area (Å²) in [5, 5.41) is 13.8. The van der Waals surface area contributed by atoms with Gasteiger partial charge in [0.05, 0.1) is 35.1 Å². The lowest BCUT2D eigenvalue weighted by Crippen LogP contribution is -2.35. The van der Waals surface area contributed by atoms with Crippen LogP contribution < -0.4 is 26.0 Å². The quantitative estimate of drug-likeness (QED) is 0.135. The van der Waals surface area contributed by atoms with Gasteiger partial charge >= 0.3 is 0 Å². The smallest absolute Gasteiger partial charge is 0.220 e. The number of carbonyl (C=O) groups is 2. The second-order valence-corrected chi connectivity index (χ2v) is 13.4. The van der Waals surface area contributed by atoms with Gasteiger partial charge in [-0.15, -0.1) is 0 Å². The number of halogens is 2. The number of methoxy groups -OCH3 is 1. The predicted molar refractivity (Wildman–Crippen MR) is 195 cm³/mol. The van der Waals surface area contributed by atoms with Gasteiger partial charge in [0.25, 0.3) is 0 Å². The molecule has 7 rings (SSSR count). The van der Waals surface area contributed by atoms with E-state index in [1.807, 2.05) is 72.3 Å². The van der Waals surface area contributed by atoms with Crippen LogP contribution in [-0.4, -0.2) is 63.6 Å². The zero-order chi connectivity index (χ0) is 34.8. The Morgan fingerprint density at radius 2 is 1.32 bits per heavy atom. The lowest BCUT2D eigenvalue weighted by atomic mass is 9.98. The summed E-state index contributed by atoms with van der Waals surface area (Å²) >= 11 is 14.2. The zero-order valence-electron chi connectivity index (χ0n) is 27.9. The molecule has 13 heteroatoms. The molecular weight excluding hydrogens is 675 g/mol. The van der Waals surface area contributed by atoms with Crippen LogP contribution in [0.5, 0.6) is 5.88 Å². The largest absolute Gasteiger partial charge is 0.481 e. The minimum Gasteiger partial charge on any atom is -0.481 e. The summed E-state index contributed by atoms with van der Waals surface area (Å²) in [5.74, 6) is 1.56. The molecule has 2 atom stereocenters. The number of benzene rings is 2. The molecule has 4 N–H and O–H groups in total. The summed E-state index contributed by atoms with van der Waals surface area (Å²) < 4.78 is 7.64. The number of imidazole rings is 1. The third kappa shape index (κ3) is 7.04. The number of ether oxygens (including phenoxy) is 1. The Labute approximate surface area is 300 Å². The van der Waals surface area contributed by atoms with Crippen LogP contribution in [-0.2, 0) is 29.7 Å². The van der Waals surface area contributed by atoms with Gasteiger partial charge in [-0.05, 0) is 31.0 Å². The number of pyridine rings is 2. The summed E-state index contributed by atoms with van der Waals surface area (Å²) in [6, 6.07) is 19.8. The number of nitrogens with zero attached hydrogens (tertiary/aromatic N) is 4. The van der Waals surface area contributed by atoms with Gasteiger partial charge in [-0.3, -0.25) is 9.59 Å². The highest BCUT2D eigenvalue weighted by atomic mass is 35.5. The highest BCUT2D eigenvalue weighted by Gasteiger charge is 2.22. The Bertz CT molecular complexity index is 2080. The van der Waals surface area contributed by atoms with Crippen molar-refractivity contribution in [1.29, 1.82) is 0 Å². The molecule has 2 fully saturated rings. The standard InChI is InChI=1S/C37H38Cl2N8O3/c1-47-31(20-41-19-23-11-16-33(49)43-23)44-30-14-13-28(45-36(30)47)26-7-3-5-24(34(26)38)25-6-4-8-27(35(25)39)29-12-9-21(37(46-29)50-2)17-40-18-22-10-15-32(48)42-22/h3-9,12-14,22-23,40-41H,10-11,15-20H2,1-2H3,(H,42,48)(H,43,49). The van der Waals surface area contributed by atoms with E-state index in [0.29, 0.717) is 60.6 Å². The van der Waals surface area contributed by atoms with Crippen molar-refractivity contribution in [2.75, 3.05) is 20.2 Å². The number of carbonyl (C=O) groups excluding carboxylic acids is 2. The number of hydrogen-bond acceptors (Lipinski definition) is 8. The summed E-state index contributed by atoms with van der Waals surface area (Å²) in [6.07, 6.45) is 2.83. The van der Waals surface area contributed by atoms with Gasteiger partial charge in [-0.2, -0.15) is 0 Å². The Morgan fingerprint density at radius 3 is 1.90 bits per heavy atom. The molecule has 2 amide bonds. The van der Waals surface area contributed by atoms with Gasteiger partial charge in [0.1, 0.15) is 11.3 Å². The van der Waals surface area contributed by atoms with Crippen LogP contribution in [0.4, 0.5) is 0 Å². The van der Waals surface area contributed by atoms with Crippen molar-refractivity contribution in [3.05, 3.63) is 82.1 Å². The van der Waals surface area contributed by atoms with Gasteiger partial charge in [0.2, 0.25) is 17.7 Å². The van der Waals surface area contributed by atoms with E-state index in [4.69, 9.17) is 42.9 Å². The van der Waals surface area contributed by atoms with Gasteiger partial charge in [-0.1, -0.05) is 65.7 Å². The molecule has 258 valence electrons. The number of amides is 2. The van der Waals surface area contributed by atoms with Crippen LogP contribution in [0.15, 0.2) is 60.7 Å². The molecule has 0 aliphatic carbocycles. The van der Waals surface area contributed by atoms with Crippen LogP contribution in [0.25, 0.3) is 44.8 Å². The first-order chi connectivity index (χ1) is 24.3. The maximum Gasteiger partial charge on any atom is 0.220 e. The summed E-state index contributed by atoms with van der Waals surface area (Å²) in [7, 11) is 3.55. The molecule has 0 saturated carbocycles. The molecule has 3 aromatic heterocycles. The molecule has 2 saturated heterocycles. The average molecular weight is 714 g/mol. The van der Waals surface area contributed by atoms with E-state index in [2.05, 4.69) is 21.3 Å². The lowest BCUT2D eigenvalue weighted by molar-refractivity contribution is -0.120. The number of aryl methyl sites for hydroxylation is 1. The topological polar surface area (TPSA) is 135 Å². The molecule has 2 aliphatic rings. The molecule has 0 bridgehead atoms. The Kier molecular flexibility index (Phi) is 10.0. The number of nitrogens with one attached hydrogen (secondary N) is 4. The van der Waals surface area contributed by atoms with Crippen LogP contribution in [0.3, 0.4) is 0 Å². The first-order valence-electron chi connectivity index (χ1n) is 16.7. The predicted octanol–water partition coefficient (Wildman–Crippen LogP) is 5.42. The average Bonchev–Trinajstić information content (AvgIpc) is 3.83. The maximum absolute atomic E-state index is 11.5. The molecule has 5 heterocycles. The maximum atomic E-state index is 11.5. The van der Waals surface area contributed by atoms with E-state index >= 15 is 0 Å². The van der Waals surface area contributed by atoms with Crippen LogP contribution >= 0.6 is 23.2 Å². The Balaban J connectivity index is 1.11. The number of fused-ring (bicyclic) bond motifs is 1. The van der Waals surface area contributed by atoms with E-state index in [-0.39, 0.29) is 23.9 Å². The second-order valence-electron chi connectivity index (χ2n) is 12.7. The van der Waals surface area contributed by atoms with Crippen LogP contribution in [0, 0.1) is 0 Å². The van der Waals surface area contributed by atoms with Crippen molar-refractivity contribution in [1.82, 2.24) is 40.8 Å². The number of hydrogen-bond donors (Lipinski definition) is 4. The van der Waals surface area contributed by atoms with Crippen molar-refractivity contribution in [3.8, 4) is 39.5 Å². The van der Waals surface area contributed by atoms with Crippen molar-refractivity contribution in [3.63, 3.8) is 0 Å². The molecule has 0 spiro atoms. The van der Waals surface area contributed by atoms with Gasteiger partial charge in [0.15, 0.2) is 5.65 Å². The zero-order valence-corrected chi connectivity index (χ0v) is 29.4. The van der Waals surface area contributed by atoms with E-state index in [1.54, 1.807) is 7.11 Å². The van der Waals surface area contributed by atoms with Crippen molar-refractivity contribution in [2.24, 2.45) is 7.05 Å². The van der Waals surface area contributed by atoms with Crippen LogP contribution in [0.2, 0.25) is 10.0 Å². The van der Waals surface area contributed by atoms with E-state index in [1.165, 1.54) is 0 Å². The summed E-state index contributed by atoms with van der Waals surface area (Å²) in [4.78, 5) is 37.6. The summed E-state index contributed by atoms with van der Waals surface area (Å²) in [6.45, 7) is 2.48. The Morgan fingerprint density at radius 1 is 0.760 bits per heavy atom. The fraction of sp³-hybridized carbons (Fsp3) is 0.324. The van der Waals surface area contributed by atoms with Gasteiger partial charge in [0, 0.05) is 79.4 Å². The minimum absolute atomic E-state index is 0.0996. The first kappa shape index (κ1) is 33.9. The van der Waals surface area contributed by atoms with Gasteiger partial charge in [-0.25, -0.2) is 15.0 Å². The molecule has 5 aromatic rings. The molecule has 50 heavy (non-hydrogen) atoms. The molecular formula is C37H38Cl2N8O3. The fourth-order valence-electron chi connectivity index (χ4n) is 6.63. The number of aromatic nitrogens is 4. The van der Waals surface area contributed by atoms with E-state index in [0.717, 1.165) is 63.3 Å². The molecule has 2 aliphatic heterocycles. The van der Waals surface area contributed by atoms with E-state index < -0.39 is 0 Å². The number of rotatable bonds is 12. The molecule has 2 aromatic carbocycles. The minimum atomic E-state index is 0.0996. The highest BCUT2D eigenvalue weighted by molar-refractivity contribution is 6.39. The normalized spacial score (nSPS) is 17.4. The van der Waals surface area contributed by atoms with Gasteiger partial charge < -0.3 is 30.6 Å². The molecule has 11 nitrogen and oxygen atoms in total. The monoisotopic (exact) mass is 712 g/mol. The van der Waals surface area contributed by atoms with Crippen molar-refractivity contribution >= 4 is 46.2 Å². The van der Waals surface area contributed by atoms with Crippen LogP contribution in [0.1, 0.15) is 37.1 Å². The molecule has 2 unspecified atom stereocenters. The summed E-state index contributed by atoms with van der Waals surface area (Å²) in [5.41, 5.74) is 6.92. The fourth-order valence-corrected chi connectivity index (χ4v) is 7.28. The Hall–Kier alpha value is -4.55. The SMILES string of the molecule is COc1nc(-c2cccc(-c3cccc(-c4ccc5nc(CNCC6CCC(=O)N6)n(C)c5n4)c3Cl)c2Cl)ccc1CNCC1CCC(=O)N1. The second kappa shape index (κ2) is 14.7. The van der Waals surface area contributed by atoms with Crippen molar-refractivity contribution < 1.29 is 14.3 Å². The molecule has 0 radical (unpaired) electrons. The lowest BCUT2D eigenvalue weighted by Gasteiger charge is -2.15. The third-order valence-corrected chi connectivity index (χ3v) is 10.1. The van der Waals surface area contributed by atoms with E-state index in [9.17, 15) is 9.59 Å². The highest BCUT2D eigenvalue weighted by Crippen LogP contribution is 2.42. The first-order valence-corrected chi connectivity index (χ1v) is 17.5.